The Morgan fingerprint density at radius 2 is 2.24 bits per heavy atom. The molecule has 1 aliphatic heterocycles. The average molecular weight is 364 g/mol. The Labute approximate surface area is 150 Å². The maximum atomic E-state index is 12.3. The number of halogens is 1. The Kier molecular flexibility index (Phi) is 5.28. The van der Waals surface area contributed by atoms with Gasteiger partial charge in [-0.15, -0.1) is 0 Å². The number of carbonyl (C=O) groups excluding carboxylic acids is 2. The molecule has 3 rings (SSSR count). The molecular weight excluding hydrogens is 346 g/mol. The van der Waals surface area contributed by atoms with E-state index in [1.165, 1.54) is 13.2 Å². The number of carbonyl (C=O) groups is 2. The number of nitrogens with one attached hydrogen (secondary N) is 1. The van der Waals surface area contributed by atoms with Gasteiger partial charge in [0.15, 0.2) is 6.10 Å². The van der Waals surface area contributed by atoms with E-state index in [0.717, 1.165) is 11.3 Å². The zero-order valence-electron chi connectivity index (χ0n) is 13.7. The molecule has 6 nitrogen and oxygen atoms in total. The van der Waals surface area contributed by atoms with Crippen LogP contribution in [0.5, 0.6) is 5.75 Å². The number of benzene rings is 1. The van der Waals surface area contributed by atoms with Crippen LogP contribution < -0.4 is 10.1 Å². The van der Waals surface area contributed by atoms with Gasteiger partial charge in [-0.25, -0.2) is 0 Å². The van der Waals surface area contributed by atoms with Gasteiger partial charge < -0.3 is 19.2 Å². The topological polar surface area (TPSA) is 77.8 Å². The zero-order valence-corrected chi connectivity index (χ0v) is 14.4. The van der Waals surface area contributed by atoms with Crippen LogP contribution in [0.2, 0.25) is 5.02 Å². The van der Waals surface area contributed by atoms with Crippen LogP contribution in [0.1, 0.15) is 18.2 Å². The number of rotatable bonds is 5. The van der Waals surface area contributed by atoms with E-state index < -0.39 is 18.0 Å². The van der Waals surface area contributed by atoms with Crippen LogP contribution in [0.3, 0.4) is 0 Å². The maximum Gasteiger partial charge on any atom is 0.313 e. The van der Waals surface area contributed by atoms with Gasteiger partial charge in [-0.3, -0.25) is 9.59 Å². The Morgan fingerprint density at radius 1 is 1.40 bits per heavy atom. The van der Waals surface area contributed by atoms with Gasteiger partial charge in [0.2, 0.25) is 0 Å². The highest BCUT2D eigenvalue weighted by Gasteiger charge is 2.30. The van der Waals surface area contributed by atoms with Crippen LogP contribution in [0.15, 0.2) is 41.0 Å². The Bertz CT molecular complexity index is 759. The molecule has 1 N–H and O–H groups in total. The van der Waals surface area contributed by atoms with Gasteiger partial charge in [-0.2, -0.15) is 0 Å². The monoisotopic (exact) mass is 363 g/mol. The van der Waals surface area contributed by atoms with Crippen LogP contribution in [0, 0.1) is 5.92 Å². The first-order valence-electron chi connectivity index (χ1n) is 7.94. The van der Waals surface area contributed by atoms with Gasteiger partial charge in [-0.05, 0) is 49.2 Å². The predicted molar refractivity (Wildman–Crippen MR) is 90.2 cm³/mol. The van der Waals surface area contributed by atoms with Crippen molar-refractivity contribution in [2.45, 2.75) is 26.0 Å². The van der Waals surface area contributed by atoms with Crippen LogP contribution in [0.25, 0.3) is 0 Å². The normalized spacial score (nSPS) is 17.1. The second kappa shape index (κ2) is 7.61. The lowest BCUT2D eigenvalue weighted by molar-refractivity contribution is -0.160. The molecule has 1 aromatic carbocycles. The van der Waals surface area contributed by atoms with Crippen molar-refractivity contribution in [1.82, 2.24) is 5.32 Å². The van der Waals surface area contributed by atoms with E-state index in [2.05, 4.69) is 5.32 Å². The number of ether oxygens (including phenoxy) is 2. The number of fused-ring (bicyclic) bond motifs is 1. The minimum Gasteiger partial charge on any atom is -0.492 e. The van der Waals surface area contributed by atoms with Crippen molar-refractivity contribution >= 4 is 23.5 Å². The number of hydrogen-bond acceptors (Lipinski definition) is 5. The molecule has 7 heteroatoms. The molecule has 1 aliphatic rings. The maximum absolute atomic E-state index is 12.3. The van der Waals surface area contributed by atoms with E-state index in [1.807, 2.05) is 0 Å². The van der Waals surface area contributed by atoms with Gasteiger partial charge in [0.1, 0.15) is 18.1 Å². The molecule has 0 bridgehead atoms. The van der Waals surface area contributed by atoms with Crippen molar-refractivity contribution in [3.63, 3.8) is 0 Å². The summed E-state index contributed by atoms with van der Waals surface area (Å²) >= 11 is 5.97. The highest BCUT2D eigenvalue weighted by Crippen LogP contribution is 2.30. The summed E-state index contributed by atoms with van der Waals surface area (Å²) in [4.78, 5) is 24.3. The first kappa shape index (κ1) is 17.4. The summed E-state index contributed by atoms with van der Waals surface area (Å²) in [5.41, 5.74) is 0.857. The summed E-state index contributed by atoms with van der Waals surface area (Å²) in [5.74, 6) is 0.0289. The van der Waals surface area contributed by atoms with E-state index in [1.54, 1.807) is 30.3 Å². The first-order valence-corrected chi connectivity index (χ1v) is 8.32. The lowest BCUT2D eigenvalue weighted by Gasteiger charge is -2.25. The van der Waals surface area contributed by atoms with Gasteiger partial charge in [0, 0.05) is 5.02 Å². The van der Waals surface area contributed by atoms with Crippen molar-refractivity contribution < 1.29 is 23.5 Å². The average Bonchev–Trinajstić information content (AvgIpc) is 3.12. The quantitative estimate of drug-likeness (QED) is 0.826. The van der Waals surface area contributed by atoms with Crippen molar-refractivity contribution in [3.05, 3.63) is 52.9 Å². The van der Waals surface area contributed by atoms with Crippen molar-refractivity contribution in [3.8, 4) is 5.75 Å². The molecule has 2 aromatic rings. The third-order valence-corrected chi connectivity index (χ3v) is 4.18. The molecule has 1 aromatic heterocycles. The standard InChI is InChI=1S/C18H18ClNO5/c1-11(17(21)20-9-15-3-2-6-23-15)25-18(22)13-7-12-8-14(19)4-5-16(12)24-10-13/h2-6,8,11,13H,7,9-10H2,1H3,(H,20,21)/t11-,13+/m1/s1. The minimum absolute atomic E-state index is 0.216. The second-order valence-electron chi connectivity index (χ2n) is 5.84. The van der Waals surface area contributed by atoms with Gasteiger partial charge in [0.05, 0.1) is 18.7 Å². The first-order chi connectivity index (χ1) is 12.0. The number of amides is 1. The summed E-state index contributed by atoms with van der Waals surface area (Å²) < 4.78 is 16.0. The van der Waals surface area contributed by atoms with Crippen molar-refractivity contribution in [1.29, 1.82) is 0 Å². The van der Waals surface area contributed by atoms with E-state index in [9.17, 15) is 9.59 Å². The van der Waals surface area contributed by atoms with Crippen molar-refractivity contribution in [2.75, 3.05) is 6.61 Å². The number of hydrogen-bond donors (Lipinski definition) is 1. The lowest BCUT2D eigenvalue weighted by atomic mass is 9.97. The van der Waals surface area contributed by atoms with Gasteiger partial charge in [-0.1, -0.05) is 11.6 Å². The summed E-state index contributed by atoms with van der Waals surface area (Å²) in [6, 6.07) is 8.78. The Balaban J connectivity index is 1.52. The minimum atomic E-state index is -0.900. The SMILES string of the molecule is C[C@@H](OC(=O)[C@@H]1COc2ccc(Cl)cc2C1)C(=O)NCc1ccco1. The van der Waals surface area contributed by atoms with Crippen LogP contribution in [-0.2, 0) is 27.3 Å². The molecule has 0 aliphatic carbocycles. The Hall–Kier alpha value is -2.47. The second-order valence-corrected chi connectivity index (χ2v) is 6.28. The molecule has 0 saturated heterocycles. The lowest BCUT2D eigenvalue weighted by Crippen LogP contribution is -2.38. The third-order valence-electron chi connectivity index (χ3n) is 3.94. The summed E-state index contributed by atoms with van der Waals surface area (Å²) in [7, 11) is 0. The van der Waals surface area contributed by atoms with E-state index in [0.29, 0.717) is 17.2 Å². The van der Waals surface area contributed by atoms with E-state index in [-0.39, 0.29) is 19.1 Å². The fraction of sp³-hybridized carbons (Fsp3) is 0.333. The summed E-state index contributed by atoms with van der Waals surface area (Å²) in [6.07, 6.45) is 1.09. The fourth-order valence-electron chi connectivity index (χ4n) is 2.57. The van der Waals surface area contributed by atoms with E-state index in [4.69, 9.17) is 25.5 Å². The molecule has 25 heavy (non-hydrogen) atoms. The fourth-order valence-corrected chi connectivity index (χ4v) is 2.76. The molecular formula is C18H18ClNO5. The van der Waals surface area contributed by atoms with Crippen LogP contribution in [0.4, 0.5) is 0 Å². The number of furan rings is 1. The summed E-state index contributed by atoms with van der Waals surface area (Å²) in [5, 5.41) is 3.24. The van der Waals surface area contributed by atoms with Gasteiger partial charge in [0.25, 0.3) is 5.91 Å². The smallest absolute Gasteiger partial charge is 0.313 e. The molecule has 132 valence electrons. The number of esters is 1. The third kappa shape index (κ3) is 4.33. The molecule has 2 heterocycles. The largest absolute Gasteiger partial charge is 0.492 e. The molecule has 0 fully saturated rings. The molecule has 1 amide bonds. The molecule has 0 unspecified atom stereocenters. The van der Waals surface area contributed by atoms with Gasteiger partial charge >= 0.3 is 5.97 Å². The summed E-state index contributed by atoms with van der Waals surface area (Å²) in [6.45, 7) is 1.99. The molecule has 0 saturated carbocycles. The van der Waals surface area contributed by atoms with E-state index >= 15 is 0 Å². The highest BCUT2D eigenvalue weighted by atomic mass is 35.5. The highest BCUT2D eigenvalue weighted by molar-refractivity contribution is 6.30. The Morgan fingerprint density at radius 3 is 3.00 bits per heavy atom. The predicted octanol–water partition coefficient (Wildman–Crippen LogP) is 2.73. The molecule has 2 atom stereocenters. The van der Waals surface area contributed by atoms with Crippen molar-refractivity contribution in [2.24, 2.45) is 5.92 Å². The molecule has 0 radical (unpaired) electrons. The zero-order chi connectivity index (χ0) is 17.8. The molecule has 0 spiro atoms. The van der Waals surface area contributed by atoms with Crippen LogP contribution >= 0.6 is 11.6 Å². The van der Waals surface area contributed by atoms with Crippen LogP contribution in [-0.4, -0.2) is 24.6 Å².